The molecular weight excluding hydrogens is 324 g/mol. The maximum Gasteiger partial charge on any atom is 0.270 e. The number of nitrogens with one attached hydrogen (secondary N) is 2. The van der Waals surface area contributed by atoms with E-state index >= 15 is 0 Å². The van der Waals surface area contributed by atoms with Gasteiger partial charge in [0.2, 0.25) is 0 Å². The summed E-state index contributed by atoms with van der Waals surface area (Å²) in [6.45, 7) is 0.542. The second-order valence-electron chi connectivity index (χ2n) is 6.04. The van der Waals surface area contributed by atoms with E-state index in [1.54, 1.807) is 6.07 Å². The molecule has 1 aliphatic carbocycles. The number of aromatic nitrogens is 2. The lowest BCUT2D eigenvalue weighted by Crippen LogP contribution is -2.36. The van der Waals surface area contributed by atoms with Gasteiger partial charge in [0.1, 0.15) is 17.8 Å². The molecule has 1 saturated carbocycles. The van der Waals surface area contributed by atoms with Gasteiger partial charge in [-0.2, -0.15) is 0 Å². The smallest absolute Gasteiger partial charge is 0.270 e. The van der Waals surface area contributed by atoms with Crippen molar-refractivity contribution in [3.05, 3.63) is 52.9 Å². The van der Waals surface area contributed by atoms with E-state index in [4.69, 9.17) is 11.6 Å². The predicted octanol–water partition coefficient (Wildman–Crippen LogP) is 3.80. The van der Waals surface area contributed by atoms with Crippen molar-refractivity contribution in [3.63, 3.8) is 0 Å². The zero-order valence-electron chi connectivity index (χ0n) is 13.5. The van der Waals surface area contributed by atoms with Crippen LogP contribution in [0.15, 0.2) is 36.7 Å². The summed E-state index contributed by atoms with van der Waals surface area (Å²) in [5.41, 5.74) is 1.36. The second kappa shape index (κ2) is 8.11. The molecule has 0 aliphatic heterocycles. The molecular formula is C18H21ClN4O. The van der Waals surface area contributed by atoms with Gasteiger partial charge in [0.05, 0.1) is 0 Å². The maximum atomic E-state index is 12.3. The first-order valence-corrected chi connectivity index (χ1v) is 8.70. The molecule has 0 radical (unpaired) electrons. The first-order valence-electron chi connectivity index (χ1n) is 8.32. The van der Waals surface area contributed by atoms with Gasteiger partial charge in [-0.3, -0.25) is 4.79 Å². The molecule has 2 N–H and O–H groups in total. The molecule has 0 unspecified atom stereocenters. The van der Waals surface area contributed by atoms with Gasteiger partial charge in [-0.05, 0) is 24.5 Å². The van der Waals surface area contributed by atoms with Crippen LogP contribution in [0.25, 0.3) is 0 Å². The zero-order chi connectivity index (χ0) is 16.8. The maximum absolute atomic E-state index is 12.3. The summed E-state index contributed by atoms with van der Waals surface area (Å²) in [7, 11) is 0. The summed E-state index contributed by atoms with van der Waals surface area (Å²) in [4.78, 5) is 20.6. The molecule has 1 aromatic carbocycles. The normalized spacial score (nSPS) is 15.0. The lowest BCUT2D eigenvalue weighted by Gasteiger charge is -2.22. The van der Waals surface area contributed by atoms with Crippen LogP contribution in [0.4, 0.5) is 5.82 Å². The predicted molar refractivity (Wildman–Crippen MR) is 95.1 cm³/mol. The van der Waals surface area contributed by atoms with Crippen molar-refractivity contribution in [1.29, 1.82) is 0 Å². The number of carbonyl (C=O) groups excluding carboxylic acids is 1. The van der Waals surface area contributed by atoms with Crippen LogP contribution in [0.2, 0.25) is 5.02 Å². The lowest BCUT2D eigenvalue weighted by atomic mass is 9.95. The van der Waals surface area contributed by atoms with Gasteiger partial charge in [-0.1, -0.05) is 49.1 Å². The minimum absolute atomic E-state index is 0.134. The van der Waals surface area contributed by atoms with Gasteiger partial charge < -0.3 is 10.6 Å². The number of nitrogens with zero attached hydrogens (tertiary/aromatic N) is 2. The van der Waals surface area contributed by atoms with Crippen LogP contribution < -0.4 is 10.6 Å². The van der Waals surface area contributed by atoms with Crippen LogP contribution in [0, 0.1) is 0 Å². The Labute approximate surface area is 146 Å². The third-order valence-corrected chi connectivity index (χ3v) is 4.63. The van der Waals surface area contributed by atoms with Crippen molar-refractivity contribution < 1.29 is 4.79 Å². The number of amides is 1. The number of rotatable bonds is 5. The van der Waals surface area contributed by atoms with E-state index in [1.807, 2.05) is 24.3 Å². The van der Waals surface area contributed by atoms with Crippen LogP contribution in [-0.4, -0.2) is 21.9 Å². The molecule has 1 fully saturated rings. The van der Waals surface area contributed by atoms with E-state index in [2.05, 4.69) is 20.6 Å². The summed E-state index contributed by atoms with van der Waals surface area (Å²) in [5, 5.41) is 6.96. The van der Waals surface area contributed by atoms with Gasteiger partial charge in [0.15, 0.2) is 0 Å². The molecule has 126 valence electrons. The Morgan fingerprint density at radius 2 is 1.96 bits per heavy atom. The third kappa shape index (κ3) is 4.45. The number of hydrogen-bond donors (Lipinski definition) is 2. The number of hydrogen-bond acceptors (Lipinski definition) is 4. The third-order valence-electron chi connectivity index (χ3n) is 4.26. The molecule has 0 bridgehead atoms. The van der Waals surface area contributed by atoms with Crippen LogP contribution in [0.3, 0.4) is 0 Å². The van der Waals surface area contributed by atoms with Crippen LogP contribution in [0.5, 0.6) is 0 Å². The average molecular weight is 345 g/mol. The molecule has 3 rings (SSSR count). The van der Waals surface area contributed by atoms with Crippen molar-refractivity contribution in [3.8, 4) is 0 Å². The number of carbonyl (C=O) groups is 1. The van der Waals surface area contributed by atoms with Crippen molar-refractivity contribution in [2.75, 3.05) is 5.32 Å². The van der Waals surface area contributed by atoms with E-state index < -0.39 is 0 Å². The zero-order valence-corrected chi connectivity index (χ0v) is 14.2. The number of benzene rings is 1. The Balaban J connectivity index is 1.61. The highest BCUT2D eigenvalue weighted by atomic mass is 35.5. The van der Waals surface area contributed by atoms with E-state index in [0.29, 0.717) is 23.1 Å². The highest BCUT2D eigenvalue weighted by Crippen LogP contribution is 2.18. The second-order valence-corrected chi connectivity index (χ2v) is 6.45. The lowest BCUT2D eigenvalue weighted by molar-refractivity contribution is 0.0922. The average Bonchev–Trinajstić information content (AvgIpc) is 2.62. The molecule has 1 aliphatic rings. The molecule has 0 atom stereocenters. The molecule has 6 heteroatoms. The topological polar surface area (TPSA) is 66.9 Å². The van der Waals surface area contributed by atoms with E-state index in [-0.39, 0.29) is 11.9 Å². The Morgan fingerprint density at radius 3 is 2.75 bits per heavy atom. The summed E-state index contributed by atoms with van der Waals surface area (Å²) in [6.07, 6.45) is 7.13. The first kappa shape index (κ1) is 16.7. The highest BCUT2D eigenvalue weighted by Gasteiger charge is 2.17. The van der Waals surface area contributed by atoms with Crippen LogP contribution in [0.1, 0.15) is 48.2 Å². The molecule has 24 heavy (non-hydrogen) atoms. The van der Waals surface area contributed by atoms with Gasteiger partial charge in [-0.15, -0.1) is 0 Å². The van der Waals surface area contributed by atoms with E-state index in [9.17, 15) is 4.79 Å². The van der Waals surface area contributed by atoms with E-state index in [1.165, 1.54) is 25.6 Å². The Kier molecular flexibility index (Phi) is 5.64. The fraction of sp³-hybridized carbons (Fsp3) is 0.389. The standard InChI is InChI=1S/C18H21ClN4O/c19-15-9-5-4-6-13(15)11-20-17-10-16(21-12-22-17)18(24)23-14-7-2-1-3-8-14/h4-6,9-10,12,14H,1-3,7-8,11H2,(H,23,24)(H,20,21,22). The molecule has 1 amide bonds. The van der Waals surface area contributed by atoms with E-state index in [0.717, 1.165) is 18.4 Å². The van der Waals surface area contributed by atoms with Crippen LogP contribution >= 0.6 is 11.6 Å². The largest absolute Gasteiger partial charge is 0.366 e. The van der Waals surface area contributed by atoms with Crippen LogP contribution in [-0.2, 0) is 6.54 Å². The van der Waals surface area contributed by atoms with Gasteiger partial charge in [-0.25, -0.2) is 9.97 Å². The Hall–Kier alpha value is -2.14. The number of anilines is 1. The molecule has 0 saturated heterocycles. The first-order chi connectivity index (χ1) is 11.7. The molecule has 1 heterocycles. The molecule has 5 nitrogen and oxygen atoms in total. The molecule has 0 spiro atoms. The van der Waals surface area contributed by atoms with Gasteiger partial charge >= 0.3 is 0 Å². The Bertz CT molecular complexity index is 701. The SMILES string of the molecule is O=C(NC1CCCCC1)c1cc(NCc2ccccc2Cl)ncn1. The summed E-state index contributed by atoms with van der Waals surface area (Å²) in [5.74, 6) is 0.476. The van der Waals surface area contributed by atoms with Gasteiger partial charge in [0.25, 0.3) is 5.91 Å². The highest BCUT2D eigenvalue weighted by molar-refractivity contribution is 6.31. The fourth-order valence-electron chi connectivity index (χ4n) is 2.91. The minimum Gasteiger partial charge on any atom is -0.366 e. The fourth-order valence-corrected chi connectivity index (χ4v) is 3.11. The Morgan fingerprint density at radius 1 is 1.17 bits per heavy atom. The van der Waals surface area contributed by atoms with Crippen molar-refractivity contribution in [2.24, 2.45) is 0 Å². The molecule has 1 aromatic heterocycles. The monoisotopic (exact) mass is 344 g/mol. The van der Waals surface area contributed by atoms with Crippen molar-refractivity contribution in [2.45, 2.75) is 44.7 Å². The number of halogens is 1. The quantitative estimate of drug-likeness (QED) is 0.865. The minimum atomic E-state index is -0.134. The van der Waals surface area contributed by atoms with Crippen molar-refractivity contribution in [1.82, 2.24) is 15.3 Å². The molecule has 2 aromatic rings. The summed E-state index contributed by atoms with van der Waals surface area (Å²) in [6, 6.07) is 9.57. The summed E-state index contributed by atoms with van der Waals surface area (Å²) >= 11 is 6.14. The van der Waals surface area contributed by atoms with Gasteiger partial charge in [0, 0.05) is 23.7 Å². The van der Waals surface area contributed by atoms with Crippen molar-refractivity contribution >= 4 is 23.3 Å². The summed E-state index contributed by atoms with van der Waals surface area (Å²) < 4.78 is 0.